The van der Waals surface area contributed by atoms with Gasteiger partial charge in [0.15, 0.2) is 0 Å². The summed E-state index contributed by atoms with van der Waals surface area (Å²) in [5, 5.41) is 14.0. The Labute approximate surface area is 223 Å². The second kappa shape index (κ2) is 11.7. The minimum absolute atomic E-state index is 0.0546. The van der Waals surface area contributed by atoms with E-state index in [4.69, 9.17) is 4.74 Å². The monoisotopic (exact) mass is 552 g/mol. The van der Waals surface area contributed by atoms with Crippen LogP contribution < -0.4 is 10.0 Å². The highest BCUT2D eigenvalue weighted by molar-refractivity contribution is 7.90. The van der Waals surface area contributed by atoms with Gasteiger partial charge in [-0.3, -0.25) is 24.6 Å². The molecule has 0 bridgehead atoms. The normalized spacial score (nSPS) is 16.8. The van der Waals surface area contributed by atoms with E-state index in [0.717, 1.165) is 4.90 Å². The van der Waals surface area contributed by atoms with E-state index in [0.29, 0.717) is 5.56 Å². The maximum atomic E-state index is 13.1. The van der Waals surface area contributed by atoms with Gasteiger partial charge in [0.1, 0.15) is 12.6 Å². The van der Waals surface area contributed by atoms with Crippen LogP contribution in [0, 0.1) is 10.1 Å². The van der Waals surface area contributed by atoms with Gasteiger partial charge in [-0.2, -0.15) is 0 Å². The second-order valence-electron chi connectivity index (χ2n) is 8.70. The molecule has 1 saturated heterocycles. The van der Waals surface area contributed by atoms with Crippen LogP contribution in [0.1, 0.15) is 22.3 Å². The van der Waals surface area contributed by atoms with Crippen LogP contribution in [0.5, 0.6) is 0 Å². The molecule has 3 amide bonds. The van der Waals surface area contributed by atoms with Crippen LogP contribution in [0.4, 0.5) is 10.5 Å². The van der Waals surface area contributed by atoms with Crippen LogP contribution in [-0.2, 0) is 26.2 Å². The first-order chi connectivity index (χ1) is 18.6. The van der Waals surface area contributed by atoms with Crippen molar-refractivity contribution in [3.63, 3.8) is 0 Å². The Morgan fingerprint density at radius 3 is 2.31 bits per heavy atom. The van der Waals surface area contributed by atoms with Crippen molar-refractivity contribution in [3.05, 3.63) is 106 Å². The van der Waals surface area contributed by atoms with Crippen LogP contribution in [0.3, 0.4) is 0 Å². The van der Waals surface area contributed by atoms with E-state index in [9.17, 15) is 32.9 Å². The van der Waals surface area contributed by atoms with Crippen molar-refractivity contribution < 1.29 is 32.5 Å². The van der Waals surface area contributed by atoms with Gasteiger partial charge in [0.05, 0.1) is 11.4 Å². The Morgan fingerprint density at radius 2 is 1.64 bits per heavy atom. The number of sulfonamides is 1. The summed E-state index contributed by atoms with van der Waals surface area (Å²) in [4.78, 5) is 50.2. The summed E-state index contributed by atoms with van der Waals surface area (Å²) >= 11 is 0. The van der Waals surface area contributed by atoms with Gasteiger partial charge < -0.3 is 10.1 Å². The molecule has 3 aromatic carbocycles. The highest BCUT2D eigenvalue weighted by Crippen LogP contribution is 2.23. The summed E-state index contributed by atoms with van der Waals surface area (Å²) in [6.45, 7) is -0.380. The van der Waals surface area contributed by atoms with E-state index in [2.05, 4.69) is 5.32 Å². The van der Waals surface area contributed by atoms with E-state index in [-0.39, 0.29) is 35.7 Å². The maximum Gasteiger partial charge on any atom is 0.411 e. The maximum absolute atomic E-state index is 13.1. The molecule has 2 unspecified atom stereocenters. The zero-order valence-corrected chi connectivity index (χ0v) is 21.2. The lowest BCUT2D eigenvalue weighted by molar-refractivity contribution is -0.518. The Bertz CT molecular complexity index is 1480. The number of amides is 3. The van der Waals surface area contributed by atoms with Crippen molar-refractivity contribution in [1.29, 1.82) is 0 Å². The van der Waals surface area contributed by atoms with Crippen LogP contribution >= 0.6 is 0 Å². The third kappa shape index (κ3) is 6.76. The van der Waals surface area contributed by atoms with Gasteiger partial charge in [-0.1, -0.05) is 54.6 Å². The van der Waals surface area contributed by atoms with Gasteiger partial charge in [0.25, 0.3) is 15.9 Å². The Morgan fingerprint density at radius 1 is 0.974 bits per heavy atom. The van der Waals surface area contributed by atoms with E-state index >= 15 is 0 Å². The summed E-state index contributed by atoms with van der Waals surface area (Å²) < 4.78 is 32.2. The Hall–Kier alpha value is -4.78. The molecule has 0 saturated carbocycles. The van der Waals surface area contributed by atoms with Gasteiger partial charge in [0, 0.05) is 22.6 Å². The minimum Gasteiger partial charge on any atom is -0.445 e. The summed E-state index contributed by atoms with van der Waals surface area (Å²) in [7, 11) is -4.12. The number of hydrogen-bond acceptors (Lipinski definition) is 8. The average molecular weight is 553 g/mol. The van der Waals surface area contributed by atoms with Crippen molar-refractivity contribution in [2.75, 3.05) is 11.9 Å². The zero-order chi connectivity index (χ0) is 28.0. The lowest BCUT2D eigenvalue weighted by Crippen LogP contribution is -2.43. The molecule has 0 spiro atoms. The molecular formula is C26H24N4O8S. The minimum atomic E-state index is -4.12. The number of anilines is 1. The number of carbonyl (C=O) groups excluding carboxylic acids is 3. The van der Waals surface area contributed by atoms with Crippen molar-refractivity contribution >= 4 is 33.6 Å². The second-order valence-corrected chi connectivity index (χ2v) is 10.4. The van der Waals surface area contributed by atoms with Gasteiger partial charge in [-0.25, -0.2) is 17.9 Å². The van der Waals surface area contributed by atoms with Crippen LogP contribution in [-0.4, -0.2) is 54.8 Å². The zero-order valence-electron chi connectivity index (χ0n) is 20.4. The quantitative estimate of drug-likeness (QED) is 0.318. The predicted molar refractivity (Wildman–Crippen MR) is 139 cm³/mol. The number of nitrogens with one attached hydrogen (secondary N) is 2. The van der Waals surface area contributed by atoms with Crippen molar-refractivity contribution in [1.82, 2.24) is 9.62 Å². The molecule has 13 heteroatoms. The highest BCUT2D eigenvalue weighted by atomic mass is 32.2. The smallest absolute Gasteiger partial charge is 0.411 e. The van der Waals surface area contributed by atoms with Crippen molar-refractivity contribution in [2.45, 2.75) is 30.0 Å². The van der Waals surface area contributed by atoms with E-state index < -0.39 is 44.9 Å². The molecule has 4 rings (SSSR count). The molecule has 1 aliphatic rings. The molecule has 1 aliphatic heterocycles. The molecular weight excluding hydrogens is 528 g/mol. The molecule has 0 radical (unpaired) electrons. The van der Waals surface area contributed by atoms with E-state index in [1.54, 1.807) is 36.4 Å². The van der Waals surface area contributed by atoms with Gasteiger partial charge in [0.2, 0.25) is 11.9 Å². The molecule has 3 aromatic rings. The average Bonchev–Trinajstić information content (AvgIpc) is 3.39. The molecule has 1 fully saturated rings. The molecule has 0 aromatic heterocycles. The number of hydrogen-bond donors (Lipinski definition) is 2. The third-order valence-corrected chi connectivity index (χ3v) is 7.34. The van der Waals surface area contributed by atoms with Crippen LogP contribution in [0.25, 0.3) is 0 Å². The Balaban J connectivity index is 1.45. The summed E-state index contributed by atoms with van der Waals surface area (Å²) in [6, 6.07) is 19.3. The number of ether oxygens (including phenoxy) is 1. The molecule has 0 aliphatic carbocycles. The summed E-state index contributed by atoms with van der Waals surface area (Å²) in [5.41, 5.74) is 0.786. The highest BCUT2D eigenvalue weighted by Gasteiger charge is 2.46. The molecule has 2 atom stereocenters. The number of rotatable bonds is 8. The third-order valence-electron chi connectivity index (χ3n) is 5.99. The van der Waals surface area contributed by atoms with Crippen LogP contribution in [0.2, 0.25) is 0 Å². The van der Waals surface area contributed by atoms with Crippen molar-refractivity contribution in [3.8, 4) is 0 Å². The van der Waals surface area contributed by atoms with Gasteiger partial charge in [-0.05, 0) is 35.9 Å². The first-order valence-corrected chi connectivity index (χ1v) is 13.3. The largest absolute Gasteiger partial charge is 0.445 e. The number of nitrogens with zero attached hydrogens (tertiary/aromatic N) is 2. The number of likely N-dealkylation sites (tertiary alicyclic amines) is 1. The van der Waals surface area contributed by atoms with E-state index in [1.807, 2.05) is 4.72 Å². The first-order valence-electron chi connectivity index (χ1n) is 11.8. The number of benzene rings is 3. The SMILES string of the molecule is O=C(NS(=O)(=O)c1ccccc1)c1cccc(NC(=O)C2CC([N+](=O)[O-])CN2C(=O)OCc2ccccc2)c1. The fourth-order valence-electron chi connectivity index (χ4n) is 4.02. The van der Waals surface area contributed by atoms with E-state index in [1.165, 1.54) is 48.5 Å². The number of carbonyl (C=O) groups is 3. The topological polar surface area (TPSA) is 165 Å². The fourth-order valence-corrected chi connectivity index (χ4v) is 5.02. The van der Waals surface area contributed by atoms with Gasteiger partial charge in [-0.15, -0.1) is 0 Å². The molecule has 39 heavy (non-hydrogen) atoms. The standard InChI is InChI=1S/C26H24N4O8S/c31-24(28-39(36,37)22-12-5-2-6-13-22)19-10-7-11-20(14-19)27-25(32)23-15-21(30(34)35)16-29(23)26(33)38-17-18-8-3-1-4-9-18/h1-14,21,23H,15-17H2,(H,27,32)(H,28,31). The first kappa shape index (κ1) is 27.3. The summed E-state index contributed by atoms with van der Waals surface area (Å²) in [5.74, 6) is -1.64. The molecule has 1 heterocycles. The molecule has 2 N–H and O–H groups in total. The lowest BCUT2D eigenvalue weighted by Gasteiger charge is -2.22. The fraction of sp³-hybridized carbons (Fsp3) is 0.192. The molecule has 202 valence electrons. The summed E-state index contributed by atoms with van der Waals surface area (Å²) in [6.07, 6.45) is -1.10. The number of nitro groups is 1. The Kier molecular flexibility index (Phi) is 8.20. The van der Waals surface area contributed by atoms with Gasteiger partial charge >= 0.3 is 6.09 Å². The molecule has 12 nitrogen and oxygen atoms in total. The van der Waals surface area contributed by atoms with Crippen molar-refractivity contribution in [2.24, 2.45) is 0 Å². The lowest BCUT2D eigenvalue weighted by atomic mass is 10.1. The van der Waals surface area contributed by atoms with Crippen LogP contribution in [0.15, 0.2) is 89.8 Å². The predicted octanol–water partition coefficient (Wildman–Crippen LogP) is 2.80.